The lowest BCUT2D eigenvalue weighted by Gasteiger charge is -2.38. The van der Waals surface area contributed by atoms with E-state index in [4.69, 9.17) is 5.14 Å². The molecule has 25 heavy (non-hydrogen) atoms. The molecule has 0 bridgehead atoms. The Morgan fingerprint density at radius 2 is 1.84 bits per heavy atom. The van der Waals surface area contributed by atoms with Crippen molar-refractivity contribution in [1.29, 1.82) is 0 Å². The maximum Gasteiger partial charge on any atom is 0.276 e. The quantitative estimate of drug-likeness (QED) is 0.856. The molecule has 1 aromatic rings. The SMILES string of the molecule is CC1(C)CCC(NC(=O)C2CCN(S(N)(=O)=O)CC2)c2ccccc21. The van der Waals surface area contributed by atoms with Gasteiger partial charge in [0.1, 0.15) is 0 Å². The van der Waals surface area contributed by atoms with E-state index in [-0.39, 0.29) is 23.3 Å². The van der Waals surface area contributed by atoms with E-state index in [1.165, 1.54) is 15.4 Å². The number of nitrogens with one attached hydrogen (secondary N) is 1. The number of fused-ring (bicyclic) bond motifs is 1. The van der Waals surface area contributed by atoms with Crippen molar-refractivity contribution in [2.75, 3.05) is 13.1 Å². The van der Waals surface area contributed by atoms with Gasteiger partial charge in [0, 0.05) is 19.0 Å². The number of piperidine rings is 1. The standard InChI is InChI=1S/C18H27N3O3S/c1-18(2)10-7-16(14-5-3-4-6-15(14)18)20-17(22)13-8-11-21(12-9-13)25(19,23)24/h3-6,13,16H,7-12H2,1-2H3,(H,20,22)(H2,19,23,24). The molecule has 0 spiro atoms. The summed E-state index contributed by atoms with van der Waals surface area (Å²) in [5.74, 6) is -0.131. The summed E-state index contributed by atoms with van der Waals surface area (Å²) in [5.41, 5.74) is 2.63. The fourth-order valence-corrected chi connectivity index (χ4v) is 4.74. The van der Waals surface area contributed by atoms with Crippen LogP contribution in [0.4, 0.5) is 0 Å². The second-order valence-corrected chi connectivity index (χ2v) is 9.34. The average molecular weight is 365 g/mol. The summed E-state index contributed by atoms with van der Waals surface area (Å²) < 4.78 is 24.0. The van der Waals surface area contributed by atoms with Crippen LogP contribution in [0.15, 0.2) is 24.3 Å². The maximum absolute atomic E-state index is 12.7. The van der Waals surface area contributed by atoms with Crippen molar-refractivity contribution in [3.05, 3.63) is 35.4 Å². The molecule has 1 fully saturated rings. The van der Waals surface area contributed by atoms with Crippen molar-refractivity contribution in [2.45, 2.75) is 51.0 Å². The van der Waals surface area contributed by atoms with Gasteiger partial charge < -0.3 is 5.32 Å². The molecule has 6 nitrogen and oxygen atoms in total. The lowest BCUT2D eigenvalue weighted by Crippen LogP contribution is -2.46. The van der Waals surface area contributed by atoms with Crippen LogP contribution in [-0.2, 0) is 20.4 Å². The zero-order valence-corrected chi connectivity index (χ0v) is 15.7. The van der Waals surface area contributed by atoms with Gasteiger partial charge in [-0.25, -0.2) is 5.14 Å². The van der Waals surface area contributed by atoms with Crippen molar-refractivity contribution in [3.63, 3.8) is 0 Å². The molecule has 1 amide bonds. The van der Waals surface area contributed by atoms with E-state index < -0.39 is 10.2 Å². The van der Waals surface area contributed by atoms with Gasteiger partial charge >= 0.3 is 0 Å². The smallest absolute Gasteiger partial charge is 0.276 e. The average Bonchev–Trinajstić information content (AvgIpc) is 2.57. The highest BCUT2D eigenvalue weighted by molar-refractivity contribution is 7.86. The highest BCUT2D eigenvalue weighted by atomic mass is 32.2. The summed E-state index contributed by atoms with van der Waals surface area (Å²) in [5, 5.41) is 8.36. The van der Waals surface area contributed by atoms with Crippen LogP contribution in [0.2, 0.25) is 0 Å². The summed E-state index contributed by atoms with van der Waals surface area (Å²) in [6.45, 7) is 5.11. The molecule has 1 heterocycles. The summed E-state index contributed by atoms with van der Waals surface area (Å²) >= 11 is 0. The molecule has 2 aliphatic rings. The fraction of sp³-hybridized carbons (Fsp3) is 0.611. The van der Waals surface area contributed by atoms with Crippen LogP contribution in [0.3, 0.4) is 0 Å². The largest absolute Gasteiger partial charge is 0.349 e. The van der Waals surface area contributed by atoms with Crippen molar-refractivity contribution < 1.29 is 13.2 Å². The van der Waals surface area contributed by atoms with E-state index in [1.54, 1.807) is 0 Å². The van der Waals surface area contributed by atoms with Gasteiger partial charge in [0.25, 0.3) is 10.2 Å². The minimum atomic E-state index is -3.65. The van der Waals surface area contributed by atoms with Crippen molar-refractivity contribution in [2.24, 2.45) is 11.1 Å². The summed E-state index contributed by atoms with van der Waals surface area (Å²) in [4.78, 5) is 12.7. The number of hydrogen-bond acceptors (Lipinski definition) is 3. The first kappa shape index (κ1) is 18.4. The first-order valence-corrected chi connectivity index (χ1v) is 10.4. The monoisotopic (exact) mass is 365 g/mol. The molecular formula is C18H27N3O3S. The number of nitrogens with zero attached hydrogens (tertiary/aromatic N) is 1. The third-order valence-corrected chi connectivity index (χ3v) is 6.71. The molecule has 138 valence electrons. The second-order valence-electron chi connectivity index (χ2n) is 7.79. The Bertz CT molecular complexity index is 753. The zero-order chi connectivity index (χ0) is 18.2. The summed E-state index contributed by atoms with van der Waals surface area (Å²) in [6, 6.07) is 8.36. The van der Waals surface area contributed by atoms with Crippen LogP contribution in [0.1, 0.15) is 56.7 Å². The number of hydrogen-bond donors (Lipinski definition) is 2. The molecule has 1 aliphatic carbocycles. The van der Waals surface area contributed by atoms with Crippen LogP contribution in [0, 0.1) is 5.92 Å². The molecule has 1 aliphatic heterocycles. The topological polar surface area (TPSA) is 92.5 Å². The van der Waals surface area contributed by atoms with Crippen LogP contribution < -0.4 is 10.5 Å². The minimum Gasteiger partial charge on any atom is -0.349 e. The Morgan fingerprint density at radius 3 is 2.48 bits per heavy atom. The van der Waals surface area contributed by atoms with Gasteiger partial charge in [0.15, 0.2) is 0 Å². The van der Waals surface area contributed by atoms with E-state index in [1.807, 2.05) is 12.1 Å². The molecule has 0 saturated carbocycles. The summed E-state index contributed by atoms with van der Waals surface area (Å²) in [6.07, 6.45) is 2.98. The summed E-state index contributed by atoms with van der Waals surface area (Å²) in [7, 11) is -3.65. The Labute approximate surface area is 150 Å². The van der Waals surface area contributed by atoms with Crippen molar-refractivity contribution in [3.8, 4) is 0 Å². The molecule has 0 aromatic heterocycles. The van der Waals surface area contributed by atoms with Gasteiger partial charge in [-0.15, -0.1) is 0 Å². The zero-order valence-electron chi connectivity index (χ0n) is 14.9. The Morgan fingerprint density at radius 1 is 1.20 bits per heavy atom. The lowest BCUT2D eigenvalue weighted by atomic mass is 9.71. The lowest BCUT2D eigenvalue weighted by molar-refractivity contribution is -0.127. The predicted octanol–water partition coefficient (Wildman–Crippen LogP) is 1.83. The van der Waals surface area contributed by atoms with Gasteiger partial charge in [0.2, 0.25) is 5.91 Å². The van der Waals surface area contributed by atoms with Gasteiger partial charge in [0.05, 0.1) is 6.04 Å². The molecule has 1 atom stereocenters. The second kappa shape index (κ2) is 6.70. The third kappa shape index (κ3) is 3.88. The molecule has 3 N–H and O–H groups in total. The Hall–Kier alpha value is -1.44. The van der Waals surface area contributed by atoms with E-state index in [0.717, 1.165) is 12.8 Å². The minimum absolute atomic E-state index is 0.0218. The number of rotatable bonds is 3. The third-order valence-electron chi connectivity index (χ3n) is 5.62. The highest BCUT2D eigenvalue weighted by Gasteiger charge is 2.35. The van der Waals surface area contributed by atoms with Gasteiger partial charge in [-0.2, -0.15) is 12.7 Å². The van der Waals surface area contributed by atoms with Crippen LogP contribution in [0.25, 0.3) is 0 Å². The van der Waals surface area contributed by atoms with Crippen LogP contribution in [-0.4, -0.2) is 31.7 Å². The van der Waals surface area contributed by atoms with Gasteiger partial charge in [-0.05, 0) is 42.2 Å². The molecule has 3 rings (SSSR count). The number of nitrogens with two attached hydrogens (primary N) is 1. The molecule has 7 heteroatoms. The normalized spacial score (nSPS) is 24.5. The number of carbonyl (C=O) groups is 1. The predicted molar refractivity (Wildman–Crippen MR) is 97.0 cm³/mol. The van der Waals surface area contributed by atoms with E-state index >= 15 is 0 Å². The van der Waals surface area contributed by atoms with Gasteiger partial charge in [-0.1, -0.05) is 38.1 Å². The number of benzene rings is 1. The molecular weight excluding hydrogens is 338 g/mol. The van der Waals surface area contributed by atoms with Crippen molar-refractivity contribution in [1.82, 2.24) is 9.62 Å². The maximum atomic E-state index is 12.7. The molecule has 1 aromatic carbocycles. The highest BCUT2D eigenvalue weighted by Crippen LogP contribution is 2.41. The van der Waals surface area contributed by atoms with Gasteiger partial charge in [-0.3, -0.25) is 4.79 Å². The first-order valence-electron chi connectivity index (χ1n) is 8.86. The molecule has 1 unspecified atom stereocenters. The Kier molecular flexibility index (Phi) is 4.92. The number of amides is 1. The van der Waals surface area contributed by atoms with Crippen LogP contribution in [0.5, 0.6) is 0 Å². The van der Waals surface area contributed by atoms with Crippen molar-refractivity contribution >= 4 is 16.1 Å². The molecule has 0 radical (unpaired) electrons. The Balaban J connectivity index is 1.67. The van der Waals surface area contributed by atoms with E-state index in [2.05, 4.69) is 31.3 Å². The first-order chi connectivity index (χ1) is 11.7. The number of carbonyl (C=O) groups excluding carboxylic acids is 1. The van der Waals surface area contributed by atoms with Crippen LogP contribution >= 0.6 is 0 Å². The van der Waals surface area contributed by atoms with E-state index in [9.17, 15) is 13.2 Å². The molecule has 1 saturated heterocycles. The fourth-order valence-electron chi connectivity index (χ4n) is 4.02. The van der Waals surface area contributed by atoms with E-state index in [0.29, 0.717) is 25.9 Å².